The van der Waals surface area contributed by atoms with E-state index in [1.165, 1.54) is 11.8 Å². The lowest BCUT2D eigenvalue weighted by Gasteiger charge is -2.20. The first-order chi connectivity index (χ1) is 13.8. The molecule has 150 valence electrons. The topological polar surface area (TPSA) is 86.9 Å². The van der Waals surface area contributed by atoms with Crippen LogP contribution in [-0.4, -0.2) is 30.2 Å². The number of aromatic nitrogens is 1. The number of anilines is 1. The predicted molar refractivity (Wildman–Crippen MR) is 116 cm³/mol. The number of thiocarbonyl (C=S) groups is 1. The third kappa shape index (κ3) is 4.07. The van der Waals surface area contributed by atoms with Crippen LogP contribution in [0.25, 0.3) is 10.9 Å². The average molecular weight is 411 g/mol. The second kappa shape index (κ2) is 8.32. The molecule has 1 heterocycles. The van der Waals surface area contributed by atoms with Crippen molar-refractivity contribution < 1.29 is 19.0 Å². The summed E-state index contributed by atoms with van der Waals surface area (Å²) in [5.41, 5.74) is 7.78. The maximum atomic E-state index is 11.8. The van der Waals surface area contributed by atoms with Gasteiger partial charge in [0.25, 0.3) is 0 Å². The van der Waals surface area contributed by atoms with E-state index in [0.29, 0.717) is 34.2 Å². The van der Waals surface area contributed by atoms with E-state index >= 15 is 0 Å². The predicted octanol–water partition coefficient (Wildman–Crippen LogP) is 3.95. The Kier molecular flexibility index (Phi) is 5.84. The lowest BCUT2D eigenvalue weighted by molar-refractivity contribution is -0.115. The van der Waals surface area contributed by atoms with Crippen molar-refractivity contribution in [3.05, 3.63) is 48.2 Å². The number of nitrogens with zero attached hydrogens (tertiary/aromatic N) is 2. The third-order valence-corrected chi connectivity index (χ3v) is 4.56. The first-order valence-corrected chi connectivity index (χ1v) is 9.16. The highest BCUT2D eigenvalue weighted by molar-refractivity contribution is 7.80. The fraction of sp³-hybridized carbons (Fsp3) is 0.190. The maximum absolute atomic E-state index is 11.8. The van der Waals surface area contributed by atoms with Gasteiger partial charge in [0, 0.05) is 24.6 Å². The Bertz CT molecular complexity index is 1090. The van der Waals surface area contributed by atoms with E-state index in [-0.39, 0.29) is 11.0 Å². The summed E-state index contributed by atoms with van der Waals surface area (Å²) in [6.07, 6.45) is 1.66. The normalized spacial score (nSPS) is 10.5. The lowest BCUT2D eigenvalue weighted by Crippen LogP contribution is -2.39. The zero-order chi connectivity index (χ0) is 21.1. The highest BCUT2D eigenvalue weighted by Gasteiger charge is 2.16. The monoisotopic (exact) mass is 411 g/mol. The van der Waals surface area contributed by atoms with Crippen LogP contribution < -0.4 is 24.8 Å². The molecule has 0 unspecified atom stereocenters. The minimum atomic E-state index is -0.258. The molecule has 0 aliphatic heterocycles. The minimum Gasteiger partial charge on any atom is -0.493 e. The molecule has 0 saturated carbocycles. The van der Waals surface area contributed by atoms with Crippen LogP contribution in [0.5, 0.6) is 23.0 Å². The summed E-state index contributed by atoms with van der Waals surface area (Å²) >= 11 is 4.98. The number of aryl methyl sites for hydroxylation is 1. The molecule has 0 atom stereocenters. The molecular weight excluding hydrogens is 390 g/mol. The highest BCUT2D eigenvalue weighted by Crippen LogP contribution is 2.37. The van der Waals surface area contributed by atoms with Gasteiger partial charge in [-0.2, -0.15) is 0 Å². The molecular formula is C21H21N3O4S. The number of carbonyl (C=O) groups is 1. The Morgan fingerprint density at radius 3 is 2.31 bits per heavy atom. The standard InChI is InChI=1S/C21H21N3O4S/c1-12-9-14(24(13(2)25)21(22)29)5-6-17(12)28-18-7-8-23-16-11-20(27-4)19(26-3)10-15(16)18/h5-11H,1-4H3,(H2,22,29). The van der Waals surface area contributed by atoms with Crippen molar-refractivity contribution in [2.45, 2.75) is 13.8 Å². The van der Waals surface area contributed by atoms with Gasteiger partial charge in [0.05, 0.1) is 25.4 Å². The number of nitrogens with two attached hydrogens (primary N) is 1. The van der Waals surface area contributed by atoms with Crippen molar-refractivity contribution >= 4 is 39.8 Å². The zero-order valence-corrected chi connectivity index (χ0v) is 17.4. The molecule has 29 heavy (non-hydrogen) atoms. The summed E-state index contributed by atoms with van der Waals surface area (Å²) < 4.78 is 16.9. The molecule has 7 nitrogen and oxygen atoms in total. The van der Waals surface area contributed by atoms with Gasteiger partial charge < -0.3 is 19.9 Å². The molecule has 0 radical (unpaired) electrons. The van der Waals surface area contributed by atoms with Crippen LogP contribution in [0.2, 0.25) is 0 Å². The minimum absolute atomic E-state index is 0.00765. The first-order valence-electron chi connectivity index (χ1n) is 8.75. The number of amides is 1. The number of fused-ring (bicyclic) bond motifs is 1. The number of pyridine rings is 1. The third-order valence-electron chi connectivity index (χ3n) is 4.38. The van der Waals surface area contributed by atoms with E-state index in [0.717, 1.165) is 10.9 Å². The number of carbonyl (C=O) groups excluding carboxylic acids is 1. The van der Waals surface area contributed by atoms with Crippen LogP contribution in [0, 0.1) is 6.92 Å². The Morgan fingerprint density at radius 2 is 1.72 bits per heavy atom. The van der Waals surface area contributed by atoms with Gasteiger partial charge in [-0.15, -0.1) is 0 Å². The highest BCUT2D eigenvalue weighted by atomic mass is 32.1. The van der Waals surface area contributed by atoms with Crippen molar-refractivity contribution in [2.75, 3.05) is 19.1 Å². The molecule has 3 aromatic rings. The summed E-state index contributed by atoms with van der Waals surface area (Å²) in [5.74, 6) is 2.16. The second-order valence-electron chi connectivity index (χ2n) is 6.28. The number of methoxy groups -OCH3 is 2. The summed E-state index contributed by atoms with van der Waals surface area (Å²) in [5, 5.41) is 0.772. The van der Waals surface area contributed by atoms with Crippen LogP contribution in [-0.2, 0) is 4.79 Å². The summed E-state index contributed by atoms with van der Waals surface area (Å²) in [4.78, 5) is 17.5. The molecule has 0 fully saturated rings. The van der Waals surface area contributed by atoms with Crippen LogP contribution >= 0.6 is 12.2 Å². The van der Waals surface area contributed by atoms with Gasteiger partial charge in [-0.05, 0) is 55.0 Å². The van der Waals surface area contributed by atoms with Gasteiger partial charge in [-0.1, -0.05) is 0 Å². The largest absolute Gasteiger partial charge is 0.493 e. The van der Waals surface area contributed by atoms with E-state index in [9.17, 15) is 4.79 Å². The molecule has 0 aliphatic carbocycles. The van der Waals surface area contributed by atoms with E-state index in [2.05, 4.69) is 4.98 Å². The molecule has 0 bridgehead atoms. The van der Waals surface area contributed by atoms with Crippen LogP contribution in [0.3, 0.4) is 0 Å². The van der Waals surface area contributed by atoms with Crippen LogP contribution in [0.15, 0.2) is 42.6 Å². The summed E-state index contributed by atoms with van der Waals surface area (Å²) in [7, 11) is 3.15. The average Bonchev–Trinajstić information content (AvgIpc) is 2.68. The van der Waals surface area contributed by atoms with Crippen LogP contribution in [0.4, 0.5) is 5.69 Å². The quantitative estimate of drug-likeness (QED) is 0.636. The number of hydrogen-bond acceptors (Lipinski definition) is 6. The molecule has 8 heteroatoms. The molecule has 1 aromatic heterocycles. The van der Waals surface area contributed by atoms with E-state index in [4.69, 9.17) is 32.2 Å². The van der Waals surface area contributed by atoms with Crippen molar-refractivity contribution in [2.24, 2.45) is 5.73 Å². The van der Waals surface area contributed by atoms with Gasteiger partial charge in [-0.25, -0.2) is 0 Å². The lowest BCUT2D eigenvalue weighted by atomic mass is 10.1. The van der Waals surface area contributed by atoms with Gasteiger partial charge >= 0.3 is 0 Å². The SMILES string of the molecule is COc1cc2nccc(Oc3ccc(N(C(C)=O)C(N)=S)cc3C)c2cc1OC. The Morgan fingerprint density at radius 1 is 1.03 bits per heavy atom. The molecule has 2 N–H and O–H groups in total. The van der Waals surface area contributed by atoms with Crippen molar-refractivity contribution in [1.29, 1.82) is 0 Å². The number of benzene rings is 2. The van der Waals surface area contributed by atoms with E-state index < -0.39 is 0 Å². The fourth-order valence-electron chi connectivity index (χ4n) is 3.01. The van der Waals surface area contributed by atoms with Crippen molar-refractivity contribution in [3.8, 4) is 23.0 Å². The number of ether oxygens (including phenoxy) is 3. The van der Waals surface area contributed by atoms with E-state index in [1.54, 1.807) is 50.7 Å². The van der Waals surface area contributed by atoms with E-state index in [1.807, 2.05) is 13.0 Å². The Labute approximate surface area is 174 Å². The van der Waals surface area contributed by atoms with Gasteiger partial charge in [0.15, 0.2) is 16.6 Å². The molecule has 2 aromatic carbocycles. The molecule has 3 rings (SSSR count). The van der Waals surface area contributed by atoms with Gasteiger partial charge in [-0.3, -0.25) is 14.7 Å². The zero-order valence-electron chi connectivity index (χ0n) is 16.6. The first kappa shape index (κ1) is 20.3. The summed E-state index contributed by atoms with van der Waals surface area (Å²) in [6.45, 7) is 3.29. The Hall–Kier alpha value is -3.39. The number of hydrogen-bond donors (Lipinski definition) is 1. The molecule has 0 aliphatic rings. The van der Waals surface area contributed by atoms with Crippen molar-refractivity contribution in [3.63, 3.8) is 0 Å². The fourth-order valence-corrected chi connectivity index (χ4v) is 3.24. The van der Waals surface area contributed by atoms with Gasteiger partial charge in [0.1, 0.15) is 11.5 Å². The smallest absolute Gasteiger partial charge is 0.230 e. The maximum Gasteiger partial charge on any atom is 0.230 e. The molecule has 0 spiro atoms. The molecule has 0 saturated heterocycles. The summed E-state index contributed by atoms with van der Waals surface area (Å²) in [6, 6.07) is 10.7. The van der Waals surface area contributed by atoms with Crippen molar-refractivity contribution in [1.82, 2.24) is 4.98 Å². The molecule has 1 amide bonds. The number of rotatable bonds is 5. The second-order valence-corrected chi connectivity index (χ2v) is 6.70. The Balaban J connectivity index is 2.01. The van der Waals surface area contributed by atoms with Gasteiger partial charge in [0.2, 0.25) is 5.91 Å². The van der Waals surface area contributed by atoms with Crippen LogP contribution in [0.1, 0.15) is 12.5 Å².